The molecular formula is C19H17BrFN3O3. The largest absolute Gasteiger partial charge is 0.481 e. The zero-order valence-corrected chi connectivity index (χ0v) is 16.3. The number of ether oxygens (including phenoxy) is 1. The average Bonchev–Trinajstić information content (AvgIpc) is 3.11. The van der Waals surface area contributed by atoms with Crippen LogP contribution in [0.4, 0.5) is 4.39 Å². The smallest absolute Gasteiger partial charge is 0.263 e. The molecule has 0 N–H and O–H groups in total. The van der Waals surface area contributed by atoms with Gasteiger partial charge in [0.25, 0.3) is 5.91 Å². The first-order valence-electron chi connectivity index (χ1n) is 8.18. The molecule has 0 aliphatic rings. The van der Waals surface area contributed by atoms with Gasteiger partial charge in [-0.05, 0) is 43.3 Å². The number of aromatic nitrogens is 2. The van der Waals surface area contributed by atoms with Crippen LogP contribution in [0, 0.1) is 5.82 Å². The van der Waals surface area contributed by atoms with Crippen molar-refractivity contribution in [3.05, 3.63) is 64.7 Å². The van der Waals surface area contributed by atoms with E-state index in [1.54, 1.807) is 14.0 Å². The van der Waals surface area contributed by atoms with E-state index in [1.165, 1.54) is 29.2 Å². The molecule has 0 fully saturated rings. The number of likely N-dealkylation sites (N-methyl/N-ethyl adjacent to an activating group) is 1. The maximum absolute atomic E-state index is 12.9. The fourth-order valence-electron chi connectivity index (χ4n) is 2.42. The second kappa shape index (κ2) is 8.30. The summed E-state index contributed by atoms with van der Waals surface area (Å²) in [6.45, 7) is 1.78. The van der Waals surface area contributed by atoms with Gasteiger partial charge in [-0.2, -0.15) is 4.98 Å². The Bertz CT molecular complexity index is 930. The Balaban J connectivity index is 1.61. The number of nitrogens with zero attached hydrogens (tertiary/aromatic N) is 3. The maximum atomic E-state index is 12.9. The van der Waals surface area contributed by atoms with Crippen LogP contribution >= 0.6 is 15.9 Å². The third-order valence-corrected chi connectivity index (χ3v) is 4.27. The fourth-order valence-corrected chi connectivity index (χ4v) is 2.82. The molecule has 1 heterocycles. The minimum absolute atomic E-state index is 0.150. The number of rotatable bonds is 6. The van der Waals surface area contributed by atoms with Crippen molar-refractivity contribution in [2.24, 2.45) is 0 Å². The van der Waals surface area contributed by atoms with Crippen molar-refractivity contribution in [2.45, 2.75) is 19.6 Å². The van der Waals surface area contributed by atoms with Crippen molar-refractivity contribution in [1.82, 2.24) is 15.0 Å². The standard InChI is InChI=1S/C19H17BrFN3O3/c1-12(26-16-8-6-15(21)7-9-16)19(25)24(2)11-17-22-18(23-27-17)13-4-3-5-14(20)10-13/h3-10,12H,11H2,1-2H3/t12-/m1/s1. The van der Waals surface area contributed by atoms with Crippen LogP contribution < -0.4 is 4.74 Å². The fraction of sp³-hybridized carbons (Fsp3) is 0.211. The van der Waals surface area contributed by atoms with Crippen molar-refractivity contribution >= 4 is 21.8 Å². The van der Waals surface area contributed by atoms with E-state index in [0.717, 1.165) is 10.0 Å². The van der Waals surface area contributed by atoms with Crippen molar-refractivity contribution in [1.29, 1.82) is 0 Å². The highest BCUT2D eigenvalue weighted by Gasteiger charge is 2.21. The van der Waals surface area contributed by atoms with Crippen LogP contribution in [-0.2, 0) is 11.3 Å². The first-order valence-corrected chi connectivity index (χ1v) is 8.97. The second-order valence-electron chi connectivity index (χ2n) is 5.93. The first-order chi connectivity index (χ1) is 12.9. The first kappa shape index (κ1) is 19.0. The van der Waals surface area contributed by atoms with E-state index in [2.05, 4.69) is 26.1 Å². The predicted octanol–water partition coefficient (Wildman–Crippen LogP) is 4.06. The van der Waals surface area contributed by atoms with Gasteiger partial charge in [-0.3, -0.25) is 4.79 Å². The molecule has 0 aliphatic carbocycles. The summed E-state index contributed by atoms with van der Waals surface area (Å²) in [6, 6.07) is 13.0. The van der Waals surface area contributed by atoms with E-state index in [9.17, 15) is 9.18 Å². The highest BCUT2D eigenvalue weighted by molar-refractivity contribution is 9.10. The third-order valence-electron chi connectivity index (χ3n) is 3.77. The van der Waals surface area contributed by atoms with Gasteiger partial charge in [0.15, 0.2) is 6.10 Å². The lowest BCUT2D eigenvalue weighted by atomic mass is 10.2. The second-order valence-corrected chi connectivity index (χ2v) is 6.85. The normalized spacial score (nSPS) is 11.9. The average molecular weight is 434 g/mol. The molecule has 0 aliphatic heterocycles. The zero-order valence-electron chi connectivity index (χ0n) is 14.7. The summed E-state index contributed by atoms with van der Waals surface area (Å²) in [7, 11) is 1.62. The maximum Gasteiger partial charge on any atom is 0.263 e. The highest BCUT2D eigenvalue weighted by atomic mass is 79.9. The van der Waals surface area contributed by atoms with Crippen molar-refractivity contribution in [3.63, 3.8) is 0 Å². The molecule has 0 saturated heterocycles. The van der Waals surface area contributed by atoms with Gasteiger partial charge < -0.3 is 14.2 Å². The molecule has 2 aromatic carbocycles. The van der Waals surface area contributed by atoms with Gasteiger partial charge in [-0.15, -0.1) is 0 Å². The van der Waals surface area contributed by atoms with Crippen LogP contribution in [0.25, 0.3) is 11.4 Å². The van der Waals surface area contributed by atoms with E-state index >= 15 is 0 Å². The third kappa shape index (κ3) is 4.91. The molecular weight excluding hydrogens is 417 g/mol. The Kier molecular flexibility index (Phi) is 5.85. The van der Waals surface area contributed by atoms with Gasteiger partial charge in [0.2, 0.25) is 11.7 Å². The Morgan fingerprint density at radius 2 is 2.04 bits per heavy atom. The van der Waals surface area contributed by atoms with Crippen LogP contribution in [0.2, 0.25) is 0 Å². The number of hydrogen-bond acceptors (Lipinski definition) is 5. The van der Waals surface area contributed by atoms with Crippen LogP contribution in [-0.4, -0.2) is 34.1 Å². The van der Waals surface area contributed by atoms with Crippen LogP contribution in [0.1, 0.15) is 12.8 Å². The molecule has 0 saturated carbocycles. The summed E-state index contributed by atoms with van der Waals surface area (Å²) in [5.74, 6) is 0.551. The van der Waals surface area contributed by atoms with E-state index in [0.29, 0.717) is 17.5 Å². The number of halogens is 2. The van der Waals surface area contributed by atoms with Crippen molar-refractivity contribution < 1.29 is 18.4 Å². The molecule has 1 amide bonds. The van der Waals surface area contributed by atoms with E-state index in [4.69, 9.17) is 9.26 Å². The topological polar surface area (TPSA) is 68.5 Å². The van der Waals surface area contributed by atoms with Crippen LogP contribution in [0.15, 0.2) is 57.5 Å². The molecule has 3 aromatic rings. The Labute approximate surface area is 164 Å². The number of amides is 1. The number of carbonyl (C=O) groups excluding carboxylic acids is 1. The van der Waals surface area contributed by atoms with Gasteiger partial charge >= 0.3 is 0 Å². The molecule has 0 bridgehead atoms. The Morgan fingerprint density at radius 1 is 1.30 bits per heavy atom. The summed E-state index contributed by atoms with van der Waals surface area (Å²) in [5, 5.41) is 3.95. The van der Waals surface area contributed by atoms with Gasteiger partial charge in [0.1, 0.15) is 11.6 Å². The highest BCUT2D eigenvalue weighted by Crippen LogP contribution is 2.21. The number of hydrogen-bond donors (Lipinski definition) is 0. The van der Waals surface area contributed by atoms with Crippen molar-refractivity contribution in [2.75, 3.05) is 7.05 Å². The molecule has 140 valence electrons. The quantitative estimate of drug-likeness (QED) is 0.585. The van der Waals surface area contributed by atoms with Crippen molar-refractivity contribution in [3.8, 4) is 17.1 Å². The van der Waals surface area contributed by atoms with Crippen LogP contribution in [0.5, 0.6) is 5.75 Å². The van der Waals surface area contributed by atoms with Gasteiger partial charge in [-0.25, -0.2) is 4.39 Å². The molecule has 3 rings (SSSR count). The lowest BCUT2D eigenvalue weighted by Gasteiger charge is -2.20. The molecule has 27 heavy (non-hydrogen) atoms. The van der Waals surface area contributed by atoms with Gasteiger partial charge in [0.05, 0.1) is 6.54 Å². The predicted molar refractivity (Wildman–Crippen MR) is 100 cm³/mol. The van der Waals surface area contributed by atoms with E-state index in [1.807, 2.05) is 24.3 Å². The summed E-state index contributed by atoms with van der Waals surface area (Å²) < 4.78 is 24.6. The number of benzene rings is 2. The molecule has 0 spiro atoms. The molecule has 0 unspecified atom stereocenters. The lowest BCUT2D eigenvalue weighted by Crippen LogP contribution is -2.37. The molecule has 8 heteroatoms. The summed E-state index contributed by atoms with van der Waals surface area (Å²) in [6.07, 6.45) is -0.743. The lowest BCUT2D eigenvalue weighted by molar-refractivity contribution is -0.137. The monoisotopic (exact) mass is 433 g/mol. The van der Waals surface area contributed by atoms with Gasteiger partial charge in [-0.1, -0.05) is 33.2 Å². The summed E-state index contributed by atoms with van der Waals surface area (Å²) in [4.78, 5) is 18.2. The Hall–Kier alpha value is -2.74. The summed E-state index contributed by atoms with van der Waals surface area (Å²) in [5.41, 5.74) is 0.807. The molecule has 0 radical (unpaired) electrons. The molecule has 1 atom stereocenters. The van der Waals surface area contributed by atoms with E-state index < -0.39 is 6.10 Å². The minimum Gasteiger partial charge on any atom is -0.481 e. The Morgan fingerprint density at radius 3 is 2.74 bits per heavy atom. The molecule has 1 aromatic heterocycles. The SMILES string of the molecule is C[C@@H](Oc1ccc(F)cc1)C(=O)N(C)Cc1nc(-c2cccc(Br)c2)no1. The minimum atomic E-state index is -0.743. The van der Waals surface area contributed by atoms with E-state index in [-0.39, 0.29) is 18.3 Å². The summed E-state index contributed by atoms with van der Waals surface area (Å²) >= 11 is 3.40. The zero-order chi connectivity index (χ0) is 19.4. The van der Waals surface area contributed by atoms with Gasteiger partial charge in [0, 0.05) is 17.1 Å². The van der Waals surface area contributed by atoms with Crippen LogP contribution in [0.3, 0.4) is 0 Å². The molecule has 6 nitrogen and oxygen atoms in total. The number of carbonyl (C=O) groups is 1.